The van der Waals surface area contributed by atoms with Gasteiger partial charge in [-0.15, -0.1) is 0 Å². The molecule has 1 aromatic rings. The Bertz CT molecular complexity index is 297. The van der Waals surface area contributed by atoms with Crippen molar-refractivity contribution in [3.63, 3.8) is 0 Å². The number of hydrogen-bond acceptors (Lipinski definition) is 2. The van der Waals surface area contributed by atoms with Gasteiger partial charge in [-0.3, -0.25) is 0 Å². The lowest BCUT2D eigenvalue weighted by atomic mass is 9.96. The Morgan fingerprint density at radius 3 is 2.46 bits per heavy atom. The molecule has 2 nitrogen and oxygen atoms in total. The van der Waals surface area contributed by atoms with Gasteiger partial charge in [-0.2, -0.15) is 0 Å². The molecule has 0 radical (unpaired) electrons. The first-order valence-corrected chi connectivity index (χ1v) is 4.33. The third-order valence-corrected chi connectivity index (χ3v) is 2.13. The van der Waals surface area contributed by atoms with E-state index in [4.69, 9.17) is 11.5 Å². The third-order valence-electron chi connectivity index (χ3n) is 2.13. The zero-order valence-electron chi connectivity index (χ0n) is 7.92. The molecule has 0 saturated heterocycles. The molecule has 0 bridgehead atoms. The van der Waals surface area contributed by atoms with Crippen molar-refractivity contribution in [2.75, 3.05) is 5.73 Å². The summed E-state index contributed by atoms with van der Waals surface area (Å²) < 4.78 is 12.9. The number of anilines is 1. The summed E-state index contributed by atoms with van der Waals surface area (Å²) >= 11 is 0. The highest BCUT2D eigenvalue weighted by Gasteiger charge is 2.13. The van der Waals surface area contributed by atoms with E-state index in [1.165, 1.54) is 12.1 Å². The van der Waals surface area contributed by atoms with Crippen molar-refractivity contribution in [3.05, 3.63) is 29.6 Å². The minimum Gasteiger partial charge on any atom is -0.398 e. The normalized spacial score (nSPS) is 13.3. The van der Waals surface area contributed by atoms with Gasteiger partial charge >= 0.3 is 0 Å². The Hall–Kier alpha value is -1.09. The van der Waals surface area contributed by atoms with Crippen molar-refractivity contribution in [2.24, 2.45) is 11.7 Å². The molecule has 72 valence electrons. The Labute approximate surface area is 77.7 Å². The molecule has 0 saturated carbocycles. The lowest BCUT2D eigenvalue weighted by Crippen LogP contribution is -2.18. The van der Waals surface area contributed by atoms with Crippen LogP contribution in [0.4, 0.5) is 10.1 Å². The van der Waals surface area contributed by atoms with Gasteiger partial charge in [0.1, 0.15) is 5.82 Å². The van der Waals surface area contributed by atoms with Crippen LogP contribution in [0.5, 0.6) is 0 Å². The van der Waals surface area contributed by atoms with E-state index in [1.54, 1.807) is 6.07 Å². The van der Waals surface area contributed by atoms with Gasteiger partial charge in [-0.25, -0.2) is 4.39 Å². The number of hydrogen-bond donors (Lipinski definition) is 2. The second-order valence-electron chi connectivity index (χ2n) is 3.54. The summed E-state index contributed by atoms with van der Waals surface area (Å²) in [5, 5.41) is 0. The predicted molar refractivity (Wildman–Crippen MR) is 52.6 cm³/mol. The molecule has 1 aromatic carbocycles. The van der Waals surface area contributed by atoms with E-state index in [-0.39, 0.29) is 17.8 Å². The van der Waals surface area contributed by atoms with Crippen LogP contribution in [-0.2, 0) is 0 Å². The van der Waals surface area contributed by atoms with Crippen LogP contribution < -0.4 is 11.5 Å². The Morgan fingerprint density at radius 2 is 1.92 bits per heavy atom. The molecular weight excluding hydrogens is 167 g/mol. The van der Waals surface area contributed by atoms with Crippen molar-refractivity contribution < 1.29 is 4.39 Å². The molecule has 3 heteroatoms. The second-order valence-corrected chi connectivity index (χ2v) is 3.54. The van der Waals surface area contributed by atoms with Crippen LogP contribution in [0.2, 0.25) is 0 Å². The van der Waals surface area contributed by atoms with Gasteiger partial charge < -0.3 is 11.5 Å². The fourth-order valence-corrected chi connectivity index (χ4v) is 1.19. The Kier molecular flexibility index (Phi) is 2.88. The fraction of sp³-hybridized carbons (Fsp3) is 0.400. The number of benzene rings is 1. The topological polar surface area (TPSA) is 52.0 Å². The largest absolute Gasteiger partial charge is 0.398 e. The molecule has 0 aliphatic heterocycles. The first-order valence-electron chi connectivity index (χ1n) is 4.33. The molecule has 0 aliphatic rings. The number of rotatable bonds is 2. The molecule has 0 unspecified atom stereocenters. The average Bonchev–Trinajstić information content (AvgIpc) is 2.08. The summed E-state index contributed by atoms with van der Waals surface area (Å²) in [7, 11) is 0. The predicted octanol–water partition coefficient (Wildman–Crippen LogP) is 2.06. The van der Waals surface area contributed by atoms with Crippen LogP contribution in [0.1, 0.15) is 25.5 Å². The van der Waals surface area contributed by atoms with Crippen LogP contribution in [0.15, 0.2) is 18.2 Å². The molecule has 13 heavy (non-hydrogen) atoms. The molecule has 0 heterocycles. The highest BCUT2D eigenvalue weighted by Crippen LogP contribution is 2.24. The summed E-state index contributed by atoms with van der Waals surface area (Å²) in [6.07, 6.45) is 0. The summed E-state index contributed by atoms with van der Waals surface area (Å²) in [4.78, 5) is 0. The second kappa shape index (κ2) is 3.75. The molecule has 4 N–H and O–H groups in total. The quantitative estimate of drug-likeness (QED) is 0.688. The Balaban J connectivity index is 3.05. The van der Waals surface area contributed by atoms with E-state index in [0.717, 1.165) is 0 Å². The van der Waals surface area contributed by atoms with Gasteiger partial charge in [0.25, 0.3) is 0 Å². The van der Waals surface area contributed by atoms with Gasteiger partial charge in [0.2, 0.25) is 0 Å². The Morgan fingerprint density at radius 1 is 1.31 bits per heavy atom. The summed E-state index contributed by atoms with van der Waals surface area (Å²) in [5.41, 5.74) is 12.8. The van der Waals surface area contributed by atoms with Crippen molar-refractivity contribution in [1.82, 2.24) is 0 Å². The number of nitrogens with two attached hydrogens (primary N) is 2. The third kappa shape index (κ3) is 2.18. The molecule has 0 amide bonds. The number of halogens is 1. The van der Waals surface area contributed by atoms with E-state index in [1.807, 2.05) is 13.8 Å². The zero-order valence-corrected chi connectivity index (χ0v) is 7.92. The van der Waals surface area contributed by atoms with Crippen molar-refractivity contribution in [1.29, 1.82) is 0 Å². The van der Waals surface area contributed by atoms with E-state index in [0.29, 0.717) is 11.3 Å². The van der Waals surface area contributed by atoms with Crippen molar-refractivity contribution >= 4 is 5.69 Å². The fourth-order valence-electron chi connectivity index (χ4n) is 1.19. The molecule has 0 spiro atoms. The molecule has 0 aromatic heterocycles. The average molecular weight is 182 g/mol. The van der Waals surface area contributed by atoms with Gasteiger partial charge in [0.15, 0.2) is 0 Å². The van der Waals surface area contributed by atoms with Crippen LogP contribution in [0, 0.1) is 11.7 Å². The van der Waals surface area contributed by atoms with Crippen LogP contribution >= 0.6 is 0 Å². The van der Waals surface area contributed by atoms with Gasteiger partial charge in [0.05, 0.1) is 0 Å². The maximum absolute atomic E-state index is 12.9. The van der Waals surface area contributed by atoms with Crippen LogP contribution in [0.25, 0.3) is 0 Å². The minimum atomic E-state index is -0.291. The summed E-state index contributed by atoms with van der Waals surface area (Å²) in [6, 6.07) is 4.09. The van der Waals surface area contributed by atoms with E-state index < -0.39 is 0 Å². The smallest absolute Gasteiger partial charge is 0.123 e. The zero-order chi connectivity index (χ0) is 10.0. The van der Waals surface area contributed by atoms with Crippen LogP contribution in [-0.4, -0.2) is 0 Å². The minimum absolute atomic E-state index is 0.198. The molecule has 0 fully saturated rings. The standard InChI is InChI=1S/C10H15FN2/c1-6(2)10(13)8-5-7(11)3-4-9(8)12/h3-6,10H,12-13H2,1-2H3/t10-/m1/s1. The maximum atomic E-state index is 12.9. The SMILES string of the molecule is CC(C)[C@@H](N)c1cc(F)ccc1N. The lowest BCUT2D eigenvalue weighted by molar-refractivity contribution is 0.511. The monoisotopic (exact) mass is 182 g/mol. The van der Waals surface area contributed by atoms with Gasteiger partial charge in [0, 0.05) is 11.7 Å². The highest BCUT2D eigenvalue weighted by molar-refractivity contribution is 5.48. The molecule has 0 aliphatic carbocycles. The van der Waals surface area contributed by atoms with E-state index in [2.05, 4.69) is 0 Å². The van der Waals surface area contributed by atoms with Gasteiger partial charge in [-0.05, 0) is 29.7 Å². The lowest BCUT2D eigenvalue weighted by Gasteiger charge is -2.17. The summed E-state index contributed by atoms with van der Waals surface area (Å²) in [6.45, 7) is 3.96. The molecule has 1 atom stereocenters. The first-order chi connectivity index (χ1) is 6.02. The van der Waals surface area contributed by atoms with Crippen LogP contribution in [0.3, 0.4) is 0 Å². The number of nitrogen functional groups attached to an aromatic ring is 1. The molecular formula is C10H15FN2. The maximum Gasteiger partial charge on any atom is 0.123 e. The summed E-state index contributed by atoms with van der Waals surface area (Å²) in [5.74, 6) is -0.0376. The van der Waals surface area contributed by atoms with Crippen molar-refractivity contribution in [2.45, 2.75) is 19.9 Å². The molecule has 1 rings (SSSR count). The first kappa shape index (κ1) is 9.99. The van der Waals surface area contributed by atoms with Gasteiger partial charge in [-0.1, -0.05) is 13.8 Å². The van der Waals surface area contributed by atoms with E-state index >= 15 is 0 Å². The van der Waals surface area contributed by atoms with Crippen molar-refractivity contribution in [3.8, 4) is 0 Å². The highest BCUT2D eigenvalue weighted by atomic mass is 19.1. The van der Waals surface area contributed by atoms with E-state index in [9.17, 15) is 4.39 Å².